The predicted octanol–water partition coefficient (Wildman–Crippen LogP) is 2.96. The number of para-hydroxylation sites is 2. The molecule has 1 N–H and O–H groups in total. The summed E-state index contributed by atoms with van der Waals surface area (Å²) in [5, 5.41) is 15.1. The van der Waals surface area contributed by atoms with E-state index in [0.29, 0.717) is 17.5 Å². The Morgan fingerprint density at radius 2 is 2.22 bits per heavy atom. The summed E-state index contributed by atoms with van der Waals surface area (Å²) in [5.41, 5.74) is 4.41. The van der Waals surface area contributed by atoms with E-state index in [-0.39, 0.29) is 5.69 Å². The Bertz CT molecular complexity index is 551. The number of hydrogen-bond acceptors (Lipinski definition) is 4. The van der Waals surface area contributed by atoms with Gasteiger partial charge in [-0.3, -0.25) is 15.5 Å². The van der Waals surface area contributed by atoms with Crippen LogP contribution in [0.15, 0.2) is 41.5 Å². The first-order valence-corrected chi connectivity index (χ1v) is 5.98. The molecule has 5 nitrogen and oxygen atoms in total. The smallest absolute Gasteiger partial charge is 0.272 e. The van der Waals surface area contributed by atoms with E-state index < -0.39 is 4.92 Å². The fraction of sp³-hybridized carbons (Fsp3) is 0.308. The van der Waals surface area contributed by atoms with E-state index in [1.807, 2.05) is 0 Å². The van der Waals surface area contributed by atoms with Crippen LogP contribution in [0, 0.1) is 22.0 Å². The Balaban J connectivity index is 1.76. The van der Waals surface area contributed by atoms with Crippen molar-refractivity contribution >= 4 is 17.1 Å². The van der Waals surface area contributed by atoms with Gasteiger partial charge in [-0.25, -0.2) is 0 Å². The molecule has 1 saturated carbocycles. The summed E-state index contributed by atoms with van der Waals surface area (Å²) >= 11 is 0. The molecular formula is C13H13N3O2. The molecule has 0 saturated heterocycles. The highest BCUT2D eigenvalue weighted by Gasteiger charge is 2.37. The zero-order chi connectivity index (χ0) is 12.5. The second-order valence-corrected chi connectivity index (χ2v) is 4.64. The van der Waals surface area contributed by atoms with Crippen molar-refractivity contribution in [2.75, 3.05) is 5.43 Å². The van der Waals surface area contributed by atoms with Gasteiger partial charge in [0.2, 0.25) is 0 Å². The number of allylic oxidation sites excluding steroid dienone is 2. The van der Waals surface area contributed by atoms with Gasteiger partial charge in [0.15, 0.2) is 0 Å². The number of anilines is 1. The number of hydrazone groups is 1. The van der Waals surface area contributed by atoms with Crippen LogP contribution < -0.4 is 5.43 Å². The predicted molar refractivity (Wildman–Crippen MR) is 69.5 cm³/mol. The molecule has 0 amide bonds. The van der Waals surface area contributed by atoms with Gasteiger partial charge in [-0.2, -0.15) is 5.10 Å². The molecule has 5 heteroatoms. The molecule has 0 spiro atoms. The molecular weight excluding hydrogens is 230 g/mol. The van der Waals surface area contributed by atoms with Gasteiger partial charge in [-0.1, -0.05) is 24.3 Å². The zero-order valence-corrected chi connectivity index (χ0v) is 9.74. The standard InChI is InChI=1S/C13H13N3O2/c17-16(18)13-7-2-1-6-11(13)14-15-12-8-9-4-3-5-10(9)12/h1-3,5-7,9-10,14H,4,8H2/b15-12-/t9-,10-/m0/s1. The van der Waals surface area contributed by atoms with E-state index >= 15 is 0 Å². The molecule has 0 heterocycles. The molecule has 18 heavy (non-hydrogen) atoms. The molecule has 2 atom stereocenters. The fourth-order valence-electron chi connectivity index (χ4n) is 2.52. The zero-order valence-electron chi connectivity index (χ0n) is 9.74. The van der Waals surface area contributed by atoms with Crippen LogP contribution in [0.4, 0.5) is 11.4 Å². The maximum absolute atomic E-state index is 10.8. The minimum absolute atomic E-state index is 0.0553. The molecule has 1 aromatic rings. The largest absolute Gasteiger partial charge is 0.294 e. The summed E-state index contributed by atoms with van der Waals surface area (Å²) in [5.74, 6) is 1.15. The lowest BCUT2D eigenvalue weighted by molar-refractivity contribution is -0.384. The molecule has 1 fully saturated rings. The summed E-state index contributed by atoms with van der Waals surface area (Å²) in [7, 11) is 0. The highest BCUT2D eigenvalue weighted by molar-refractivity contribution is 5.95. The Labute approximate surface area is 104 Å². The quantitative estimate of drug-likeness (QED) is 0.504. The molecule has 3 rings (SSSR count). The van der Waals surface area contributed by atoms with Crippen LogP contribution in [0.1, 0.15) is 12.8 Å². The van der Waals surface area contributed by atoms with Gasteiger partial charge in [0.05, 0.1) is 4.92 Å². The molecule has 0 unspecified atom stereocenters. The minimum Gasteiger partial charge on any atom is -0.272 e. The van der Waals surface area contributed by atoms with E-state index in [1.165, 1.54) is 6.07 Å². The van der Waals surface area contributed by atoms with Gasteiger partial charge < -0.3 is 0 Å². The first-order chi connectivity index (χ1) is 8.75. The van der Waals surface area contributed by atoms with Crippen molar-refractivity contribution in [1.29, 1.82) is 0 Å². The molecule has 0 aliphatic heterocycles. The summed E-state index contributed by atoms with van der Waals surface area (Å²) in [6.07, 6.45) is 6.48. The van der Waals surface area contributed by atoms with Gasteiger partial charge in [0, 0.05) is 17.7 Å². The number of nitrogens with zero attached hydrogens (tertiary/aromatic N) is 2. The topological polar surface area (TPSA) is 67.5 Å². The Morgan fingerprint density at radius 3 is 3.00 bits per heavy atom. The Kier molecular flexibility index (Phi) is 2.59. The number of nitro groups is 1. The van der Waals surface area contributed by atoms with Gasteiger partial charge in [0.25, 0.3) is 5.69 Å². The number of fused-ring (bicyclic) bond motifs is 1. The van der Waals surface area contributed by atoms with E-state index in [0.717, 1.165) is 18.6 Å². The second-order valence-electron chi connectivity index (χ2n) is 4.64. The number of hydrogen-bond donors (Lipinski definition) is 1. The van der Waals surface area contributed by atoms with Gasteiger partial charge in [-0.15, -0.1) is 0 Å². The molecule has 0 aromatic heterocycles. The lowest BCUT2D eigenvalue weighted by Crippen LogP contribution is -2.33. The van der Waals surface area contributed by atoms with Crippen molar-refractivity contribution in [2.24, 2.45) is 16.9 Å². The van der Waals surface area contributed by atoms with Crippen LogP contribution in [0.25, 0.3) is 0 Å². The van der Waals surface area contributed by atoms with Crippen molar-refractivity contribution in [3.05, 3.63) is 46.5 Å². The first-order valence-electron chi connectivity index (χ1n) is 5.98. The normalized spacial score (nSPS) is 26.8. The van der Waals surface area contributed by atoms with Crippen molar-refractivity contribution < 1.29 is 4.92 Å². The van der Waals surface area contributed by atoms with Gasteiger partial charge >= 0.3 is 0 Å². The molecule has 2 aliphatic carbocycles. The average Bonchev–Trinajstić information content (AvgIpc) is 2.71. The summed E-state index contributed by atoms with van der Waals surface area (Å²) in [6, 6.07) is 6.55. The number of rotatable bonds is 3. The van der Waals surface area contributed by atoms with Crippen molar-refractivity contribution in [3.63, 3.8) is 0 Å². The lowest BCUT2D eigenvalue weighted by atomic mass is 9.74. The first kappa shape index (κ1) is 11.0. The number of nitrogens with one attached hydrogen (secondary N) is 1. The third kappa shape index (κ3) is 1.77. The van der Waals surface area contributed by atoms with E-state index in [2.05, 4.69) is 22.7 Å². The number of benzene rings is 1. The summed E-state index contributed by atoms with van der Waals surface area (Å²) in [6.45, 7) is 0. The van der Waals surface area contributed by atoms with E-state index in [9.17, 15) is 10.1 Å². The number of nitro benzene ring substituents is 1. The highest BCUT2D eigenvalue weighted by atomic mass is 16.6. The van der Waals surface area contributed by atoms with Crippen LogP contribution in [0.2, 0.25) is 0 Å². The summed E-state index contributed by atoms with van der Waals surface area (Å²) < 4.78 is 0. The Morgan fingerprint density at radius 1 is 1.39 bits per heavy atom. The van der Waals surface area contributed by atoms with Gasteiger partial charge in [0.1, 0.15) is 5.69 Å². The molecule has 0 bridgehead atoms. The summed E-state index contributed by atoms with van der Waals surface area (Å²) in [4.78, 5) is 10.4. The maximum atomic E-state index is 10.8. The highest BCUT2D eigenvalue weighted by Crippen LogP contribution is 2.40. The van der Waals surface area contributed by atoms with Crippen LogP contribution in [0.3, 0.4) is 0 Å². The lowest BCUT2D eigenvalue weighted by Gasteiger charge is -2.31. The average molecular weight is 243 g/mol. The molecule has 1 aromatic carbocycles. The fourth-order valence-corrected chi connectivity index (χ4v) is 2.52. The van der Waals surface area contributed by atoms with E-state index in [4.69, 9.17) is 0 Å². The van der Waals surface area contributed by atoms with Crippen LogP contribution >= 0.6 is 0 Å². The minimum atomic E-state index is -0.401. The molecule has 0 radical (unpaired) electrons. The molecule has 2 aliphatic rings. The van der Waals surface area contributed by atoms with Crippen LogP contribution in [-0.4, -0.2) is 10.6 Å². The van der Waals surface area contributed by atoms with Crippen LogP contribution in [-0.2, 0) is 0 Å². The van der Waals surface area contributed by atoms with Gasteiger partial charge in [-0.05, 0) is 24.8 Å². The third-order valence-corrected chi connectivity index (χ3v) is 3.57. The Hall–Kier alpha value is -2.17. The van der Waals surface area contributed by atoms with Crippen molar-refractivity contribution in [2.45, 2.75) is 12.8 Å². The van der Waals surface area contributed by atoms with Crippen molar-refractivity contribution in [1.82, 2.24) is 0 Å². The maximum Gasteiger partial charge on any atom is 0.294 e. The SMILES string of the molecule is O=[N+]([O-])c1ccccc1N/N=C1/C[C@@H]2CC=C[C@H]12. The van der Waals surface area contributed by atoms with E-state index in [1.54, 1.807) is 18.2 Å². The monoisotopic (exact) mass is 243 g/mol. The third-order valence-electron chi connectivity index (χ3n) is 3.57. The molecule has 92 valence electrons. The van der Waals surface area contributed by atoms with Crippen molar-refractivity contribution in [3.8, 4) is 0 Å². The second kappa shape index (κ2) is 4.25. The van der Waals surface area contributed by atoms with Crippen LogP contribution in [0.5, 0.6) is 0 Å².